The largest absolute Gasteiger partial charge is 0.453 e. The molecule has 39 heavy (non-hydrogen) atoms. The van der Waals surface area contributed by atoms with Crippen LogP contribution in [0.3, 0.4) is 0 Å². The summed E-state index contributed by atoms with van der Waals surface area (Å²) in [5, 5.41) is 14.9. The highest BCUT2D eigenvalue weighted by atomic mass is 16.5. The van der Waals surface area contributed by atoms with E-state index in [1.165, 1.54) is 13.2 Å². The second kappa shape index (κ2) is 12.4. The van der Waals surface area contributed by atoms with E-state index in [9.17, 15) is 14.9 Å². The fraction of sp³-hybridized carbons (Fsp3) is 0.200. The summed E-state index contributed by atoms with van der Waals surface area (Å²) in [6.07, 6.45) is 5.58. The van der Waals surface area contributed by atoms with E-state index in [4.69, 9.17) is 0 Å². The molecule has 9 heteroatoms. The molecule has 0 saturated heterocycles. The minimum atomic E-state index is -0.863. The number of pyridine rings is 2. The Morgan fingerprint density at radius 2 is 1.82 bits per heavy atom. The summed E-state index contributed by atoms with van der Waals surface area (Å²) in [5.74, 6) is -0.0273. The van der Waals surface area contributed by atoms with Crippen molar-refractivity contribution in [3.05, 3.63) is 84.9 Å². The van der Waals surface area contributed by atoms with E-state index in [-0.39, 0.29) is 5.57 Å². The maximum absolute atomic E-state index is 13.1. The molecular weight excluding hydrogens is 492 g/mol. The standard InChI is InChI=1S/C30H30N6O3/c1-7-20(14-26(32-5)30(3,4)18-31)28(37)35-24-16-25(19(2)34-17-24)23-10-8-9-21(13-23)22-11-12-33-27(15-22)36-29(38)39-6/h7-17H,1H2,2-6H3,(H,35,37)(H,33,36,38)/b20-14+,32-26?. The molecule has 1 aromatic carbocycles. The highest BCUT2D eigenvalue weighted by Crippen LogP contribution is 2.30. The fourth-order valence-corrected chi connectivity index (χ4v) is 3.74. The molecule has 0 spiro atoms. The molecule has 2 N–H and O–H groups in total. The van der Waals surface area contributed by atoms with Crippen LogP contribution in [0.2, 0.25) is 0 Å². The minimum Gasteiger partial charge on any atom is -0.453 e. The van der Waals surface area contributed by atoms with E-state index < -0.39 is 17.4 Å². The van der Waals surface area contributed by atoms with Crippen molar-refractivity contribution in [2.45, 2.75) is 20.8 Å². The molecule has 2 aromatic heterocycles. The minimum absolute atomic E-state index is 0.275. The maximum atomic E-state index is 13.1. The summed E-state index contributed by atoms with van der Waals surface area (Å²) in [4.78, 5) is 37.4. The number of allylic oxidation sites excluding steroid dienone is 1. The van der Waals surface area contributed by atoms with Crippen molar-refractivity contribution in [3.8, 4) is 28.3 Å². The van der Waals surface area contributed by atoms with Gasteiger partial charge in [0.1, 0.15) is 5.82 Å². The number of benzene rings is 1. The Bertz CT molecular complexity index is 1520. The van der Waals surface area contributed by atoms with E-state index in [0.717, 1.165) is 27.9 Å². The Balaban J connectivity index is 1.91. The van der Waals surface area contributed by atoms with Gasteiger partial charge in [0.25, 0.3) is 5.91 Å². The Labute approximate surface area is 228 Å². The number of nitrogens with one attached hydrogen (secondary N) is 2. The van der Waals surface area contributed by atoms with Gasteiger partial charge in [-0.25, -0.2) is 9.78 Å². The molecule has 0 aliphatic carbocycles. The molecule has 3 aromatic rings. The van der Waals surface area contributed by atoms with Gasteiger partial charge in [-0.3, -0.25) is 20.1 Å². The fourth-order valence-electron chi connectivity index (χ4n) is 3.74. The number of nitrogens with zero attached hydrogens (tertiary/aromatic N) is 4. The zero-order chi connectivity index (χ0) is 28.6. The Kier molecular flexibility index (Phi) is 9.07. The van der Waals surface area contributed by atoms with Crippen LogP contribution in [0.5, 0.6) is 0 Å². The lowest BCUT2D eigenvalue weighted by Gasteiger charge is -2.16. The lowest BCUT2D eigenvalue weighted by atomic mass is 9.88. The van der Waals surface area contributed by atoms with E-state index in [1.54, 1.807) is 45.4 Å². The van der Waals surface area contributed by atoms with Crippen LogP contribution in [0, 0.1) is 23.7 Å². The summed E-state index contributed by atoms with van der Waals surface area (Å²) >= 11 is 0. The molecule has 0 radical (unpaired) electrons. The van der Waals surface area contributed by atoms with Crippen molar-refractivity contribution < 1.29 is 14.3 Å². The van der Waals surface area contributed by atoms with Crippen molar-refractivity contribution in [1.29, 1.82) is 5.26 Å². The lowest BCUT2D eigenvalue weighted by molar-refractivity contribution is -0.112. The Hall–Kier alpha value is -5.10. The molecule has 0 bridgehead atoms. The van der Waals surface area contributed by atoms with Gasteiger partial charge in [0.15, 0.2) is 0 Å². The molecule has 9 nitrogen and oxygen atoms in total. The molecule has 0 aliphatic heterocycles. The SMILES string of the molecule is C=C/C(=C\C(=NC)C(C)(C)C#N)C(=O)Nc1cnc(C)c(-c2cccc(-c3ccnc(NC(=O)OC)c3)c2)c1. The molecule has 2 amide bonds. The molecular formula is C30H30N6O3. The van der Waals surface area contributed by atoms with Crippen LogP contribution in [0.15, 0.2) is 84.2 Å². The maximum Gasteiger partial charge on any atom is 0.412 e. The molecule has 0 atom stereocenters. The summed E-state index contributed by atoms with van der Waals surface area (Å²) in [5.41, 5.74) is 4.64. The second-order valence-corrected chi connectivity index (χ2v) is 9.09. The Morgan fingerprint density at radius 1 is 1.10 bits per heavy atom. The van der Waals surface area contributed by atoms with Crippen molar-refractivity contribution in [3.63, 3.8) is 0 Å². The van der Waals surface area contributed by atoms with Gasteiger partial charge < -0.3 is 10.1 Å². The van der Waals surface area contributed by atoms with E-state index in [0.29, 0.717) is 17.2 Å². The van der Waals surface area contributed by atoms with Gasteiger partial charge in [-0.05, 0) is 67.8 Å². The average molecular weight is 523 g/mol. The first-order valence-electron chi connectivity index (χ1n) is 12.0. The van der Waals surface area contributed by atoms with Gasteiger partial charge in [-0.15, -0.1) is 0 Å². The third-order valence-corrected chi connectivity index (χ3v) is 5.96. The number of rotatable bonds is 8. The number of aryl methyl sites for hydroxylation is 1. The average Bonchev–Trinajstić information content (AvgIpc) is 2.94. The van der Waals surface area contributed by atoms with Gasteiger partial charge in [-0.2, -0.15) is 5.26 Å². The quantitative estimate of drug-likeness (QED) is 0.213. The van der Waals surface area contributed by atoms with Crippen molar-refractivity contribution in [1.82, 2.24) is 9.97 Å². The van der Waals surface area contributed by atoms with Gasteiger partial charge >= 0.3 is 6.09 Å². The third kappa shape index (κ3) is 7.02. The highest BCUT2D eigenvalue weighted by Gasteiger charge is 2.23. The number of carbonyl (C=O) groups excluding carboxylic acids is 2. The number of methoxy groups -OCH3 is 1. The molecule has 0 fully saturated rings. The first-order valence-corrected chi connectivity index (χ1v) is 12.0. The number of nitriles is 1. The van der Waals surface area contributed by atoms with Crippen LogP contribution in [0.4, 0.5) is 16.3 Å². The molecule has 0 unspecified atom stereocenters. The lowest BCUT2D eigenvalue weighted by Crippen LogP contribution is -2.22. The zero-order valence-electron chi connectivity index (χ0n) is 22.6. The summed E-state index contributed by atoms with van der Waals surface area (Å²) in [7, 11) is 2.87. The number of hydrogen-bond donors (Lipinski definition) is 2. The van der Waals surface area contributed by atoms with Gasteiger partial charge in [0, 0.05) is 30.1 Å². The normalized spacial score (nSPS) is 11.8. The molecule has 198 valence electrons. The predicted molar refractivity (Wildman–Crippen MR) is 153 cm³/mol. The van der Waals surface area contributed by atoms with E-state index in [1.807, 2.05) is 43.3 Å². The Morgan fingerprint density at radius 3 is 2.49 bits per heavy atom. The van der Waals surface area contributed by atoms with Crippen LogP contribution >= 0.6 is 0 Å². The first kappa shape index (κ1) is 28.5. The van der Waals surface area contributed by atoms with Gasteiger partial charge in [0.05, 0.1) is 36.2 Å². The first-order chi connectivity index (χ1) is 18.6. The van der Waals surface area contributed by atoms with Crippen molar-refractivity contribution >= 4 is 29.2 Å². The van der Waals surface area contributed by atoms with Crippen LogP contribution in [0.25, 0.3) is 22.3 Å². The van der Waals surface area contributed by atoms with Gasteiger partial charge in [-0.1, -0.05) is 30.9 Å². The zero-order valence-corrected chi connectivity index (χ0v) is 22.6. The highest BCUT2D eigenvalue weighted by molar-refractivity contribution is 6.12. The monoisotopic (exact) mass is 522 g/mol. The molecule has 0 saturated carbocycles. The summed E-state index contributed by atoms with van der Waals surface area (Å²) in [6.45, 7) is 9.10. The van der Waals surface area contributed by atoms with Crippen molar-refractivity contribution in [2.75, 3.05) is 24.8 Å². The second-order valence-electron chi connectivity index (χ2n) is 9.09. The van der Waals surface area contributed by atoms with Crippen LogP contribution in [-0.4, -0.2) is 41.8 Å². The molecule has 3 rings (SSSR count). The third-order valence-electron chi connectivity index (χ3n) is 5.96. The molecule has 2 heterocycles. The summed E-state index contributed by atoms with van der Waals surface area (Å²) in [6, 6.07) is 15.5. The van der Waals surface area contributed by atoms with Crippen molar-refractivity contribution in [2.24, 2.45) is 10.4 Å². The summed E-state index contributed by atoms with van der Waals surface area (Å²) < 4.78 is 4.64. The van der Waals surface area contributed by atoms with Crippen LogP contribution in [0.1, 0.15) is 19.5 Å². The number of carbonyl (C=O) groups is 2. The predicted octanol–water partition coefficient (Wildman–Crippen LogP) is 5.97. The number of amides is 2. The molecule has 0 aliphatic rings. The van der Waals surface area contributed by atoms with Crippen LogP contribution in [-0.2, 0) is 9.53 Å². The van der Waals surface area contributed by atoms with E-state index >= 15 is 0 Å². The van der Waals surface area contributed by atoms with Crippen LogP contribution < -0.4 is 10.6 Å². The van der Waals surface area contributed by atoms with E-state index in [2.05, 4.69) is 43.0 Å². The van der Waals surface area contributed by atoms with Gasteiger partial charge in [0.2, 0.25) is 0 Å². The number of aromatic nitrogens is 2. The topological polar surface area (TPSA) is 129 Å². The number of aliphatic imine (C=N–C) groups is 1. The number of anilines is 2. The number of hydrogen-bond acceptors (Lipinski definition) is 7. The number of ether oxygens (including phenoxy) is 1. The smallest absolute Gasteiger partial charge is 0.412 e.